The minimum atomic E-state index is 1.19. The molecule has 86 valence electrons. The van der Waals surface area contributed by atoms with Crippen LogP contribution < -0.4 is 0 Å². The quantitative estimate of drug-likeness (QED) is 0.664. The molecule has 3 aromatic rings. The van der Waals surface area contributed by atoms with Gasteiger partial charge in [0.25, 0.3) is 0 Å². The fourth-order valence-corrected chi connectivity index (χ4v) is 2.43. The zero-order chi connectivity index (χ0) is 11.7. The molecule has 0 spiro atoms. The molecule has 1 heteroatoms. The average Bonchev–Trinajstić information content (AvgIpc) is 2.74. The molecule has 1 nitrogen and oxygen atoms in total. The van der Waals surface area contributed by atoms with Gasteiger partial charge in [-0.2, -0.15) is 0 Å². The zero-order valence-corrected chi connectivity index (χ0v) is 10.2. The molecule has 3 rings (SSSR count). The molecule has 1 aromatic heterocycles. The number of fused-ring (bicyclic) bond motifs is 3. The van der Waals surface area contributed by atoms with Crippen LogP contribution in [0.1, 0.15) is 25.3 Å². The van der Waals surface area contributed by atoms with E-state index >= 15 is 0 Å². The summed E-state index contributed by atoms with van der Waals surface area (Å²) >= 11 is 0. The van der Waals surface area contributed by atoms with Crippen LogP contribution in [-0.2, 0) is 6.42 Å². The van der Waals surface area contributed by atoms with Crippen LogP contribution >= 0.6 is 0 Å². The average molecular weight is 223 g/mol. The van der Waals surface area contributed by atoms with E-state index in [0.29, 0.717) is 0 Å². The van der Waals surface area contributed by atoms with E-state index in [0.717, 1.165) is 0 Å². The molecule has 0 fully saturated rings. The lowest BCUT2D eigenvalue weighted by Crippen LogP contribution is -1.83. The number of aryl methyl sites for hydroxylation is 1. The Morgan fingerprint density at radius 1 is 0.941 bits per heavy atom. The number of para-hydroxylation sites is 1. The number of benzene rings is 2. The standard InChI is InChI=1S/C16H17N/c1-2-3-6-12-9-10-16-14(11-12)13-7-4-5-8-15(13)17-16/h4-5,7-11,17H,2-3,6H2,1H3. The summed E-state index contributed by atoms with van der Waals surface area (Å²) < 4.78 is 0. The summed E-state index contributed by atoms with van der Waals surface area (Å²) in [6, 6.07) is 15.3. The van der Waals surface area contributed by atoms with Gasteiger partial charge >= 0.3 is 0 Å². The molecule has 0 amide bonds. The van der Waals surface area contributed by atoms with Crippen LogP contribution in [0.2, 0.25) is 0 Å². The van der Waals surface area contributed by atoms with Crippen LogP contribution in [-0.4, -0.2) is 4.98 Å². The van der Waals surface area contributed by atoms with Crippen LogP contribution in [0.25, 0.3) is 21.8 Å². The molecule has 0 radical (unpaired) electrons. The van der Waals surface area contributed by atoms with Crippen molar-refractivity contribution >= 4 is 21.8 Å². The monoisotopic (exact) mass is 223 g/mol. The maximum atomic E-state index is 3.46. The first kappa shape index (κ1) is 10.4. The number of unbranched alkanes of at least 4 members (excludes halogenated alkanes) is 1. The van der Waals surface area contributed by atoms with E-state index in [1.807, 2.05) is 0 Å². The van der Waals surface area contributed by atoms with E-state index in [4.69, 9.17) is 0 Å². The first-order valence-electron chi connectivity index (χ1n) is 6.38. The minimum absolute atomic E-state index is 1.19. The van der Waals surface area contributed by atoms with Gasteiger partial charge in [-0.3, -0.25) is 0 Å². The Labute approximate surface area is 101 Å². The van der Waals surface area contributed by atoms with Gasteiger partial charge in [-0.15, -0.1) is 0 Å². The number of hydrogen-bond donors (Lipinski definition) is 1. The Morgan fingerprint density at radius 3 is 2.65 bits per heavy atom. The summed E-state index contributed by atoms with van der Waals surface area (Å²) in [7, 11) is 0. The summed E-state index contributed by atoms with van der Waals surface area (Å²) in [5.41, 5.74) is 3.92. The van der Waals surface area contributed by atoms with Crippen molar-refractivity contribution < 1.29 is 0 Å². The molecule has 1 N–H and O–H groups in total. The Kier molecular flexibility index (Phi) is 2.60. The van der Waals surface area contributed by atoms with Gasteiger partial charge < -0.3 is 4.98 Å². The molecule has 0 aliphatic heterocycles. The lowest BCUT2D eigenvalue weighted by Gasteiger charge is -2.00. The highest BCUT2D eigenvalue weighted by Gasteiger charge is 2.03. The highest BCUT2D eigenvalue weighted by Crippen LogP contribution is 2.26. The Hall–Kier alpha value is -1.76. The molecule has 0 saturated carbocycles. The maximum absolute atomic E-state index is 3.46. The number of hydrogen-bond acceptors (Lipinski definition) is 0. The van der Waals surface area contributed by atoms with Crippen LogP contribution in [0, 0.1) is 0 Å². The predicted octanol–water partition coefficient (Wildman–Crippen LogP) is 4.66. The lowest BCUT2D eigenvalue weighted by atomic mass is 10.1. The maximum Gasteiger partial charge on any atom is 0.0465 e. The summed E-state index contributed by atoms with van der Waals surface area (Å²) in [6.07, 6.45) is 3.71. The van der Waals surface area contributed by atoms with Crippen molar-refractivity contribution in [3.63, 3.8) is 0 Å². The van der Waals surface area contributed by atoms with Gasteiger partial charge in [-0.25, -0.2) is 0 Å². The molecular weight excluding hydrogens is 206 g/mol. The highest BCUT2D eigenvalue weighted by atomic mass is 14.7. The molecule has 0 aliphatic rings. The highest BCUT2D eigenvalue weighted by molar-refractivity contribution is 6.07. The molecule has 2 aromatic carbocycles. The summed E-state index contributed by atoms with van der Waals surface area (Å²) in [4.78, 5) is 3.46. The van der Waals surface area contributed by atoms with Gasteiger partial charge in [0.05, 0.1) is 0 Å². The molecule has 0 aliphatic carbocycles. The van der Waals surface area contributed by atoms with Crippen molar-refractivity contribution in [2.45, 2.75) is 26.2 Å². The first-order valence-corrected chi connectivity index (χ1v) is 6.38. The molecular formula is C16H17N. The molecule has 0 saturated heterocycles. The topological polar surface area (TPSA) is 15.8 Å². The van der Waals surface area contributed by atoms with Gasteiger partial charge in [-0.1, -0.05) is 37.6 Å². The molecule has 1 heterocycles. The molecule has 17 heavy (non-hydrogen) atoms. The van der Waals surface area contributed by atoms with E-state index in [9.17, 15) is 0 Å². The first-order chi connectivity index (χ1) is 8.38. The van der Waals surface area contributed by atoms with Gasteiger partial charge in [-0.05, 0) is 36.6 Å². The van der Waals surface area contributed by atoms with E-state index < -0.39 is 0 Å². The van der Waals surface area contributed by atoms with Gasteiger partial charge in [0.2, 0.25) is 0 Å². The van der Waals surface area contributed by atoms with E-state index in [2.05, 4.69) is 54.4 Å². The normalized spacial score (nSPS) is 11.4. The van der Waals surface area contributed by atoms with Crippen LogP contribution in [0.5, 0.6) is 0 Å². The second kappa shape index (κ2) is 4.25. The van der Waals surface area contributed by atoms with Crippen LogP contribution in [0.3, 0.4) is 0 Å². The second-order valence-corrected chi connectivity index (χ2v) is 4.65. The van der Waals surface area contributed by atoms with Gasteiger partial charge in [0.15, 0.2) is 0 Å². The number of aromatic amines is 1. The lowest BCUT2D eigenvalue weighted by molar-refractivity contribution is 0.796. The Balaban J connectivity index is 2.16. The van der Waals surface area contributed by atoms with Crippen molar-refractivity contribution in [1.29, 1.82) is 0 Å². The number of rotatable bonds is 3. The Bertz CT molecular complexity index is 649. The smallest absolute Gasteiger partial charge is 0.0465 e. The summed E-state index contributed by atoms with van der Waals surface area (Å²) in [6.45, 7) is 2.24. The SMILES string of the molecule is CCCCc1ccc2[nH]c3ccccc3c2c1. The van der Waals surface area contributed by atoms with E-state index in [1.165, 1.54) is 46.6 Å². The van der Waals surface area contributed by atoms with Crippen molar-refractivity contribution in [1.82, 2.24) is 4.98 Å². The van der Waals surface area contributed by atoms with Gasteiger partial charge in [0.1, 0.15) is 0 Å². The van der Waals surface area contributed by atoms with Crippen LogP contribution in [0.4, 0.5) is 0 Å². The third-order valence-electron chi connectivity index (χ3n) is 3.39. The van der Waals surface area contributed by atoms with Crippen molar-refractivity contribution in [3.05, 3.63) is 48.0 Å². The molecule has 0 bridgehead atoms. The van der Waals surface area contributed by atoms with Crippen LogP contribution in [0.15, 0.2) is 42.5 Å². The number of H-pyrrole nitrogens is 1. The number of nitrogens with one attached hydrogen (secondary N) is 1. The summed E-state index contributed by atoms with van der Waals surface area (Å²) in [5.74, 6) is 0. The fraction of sp³-hybridized carbons (Fsp3) is 0.250. The van der Waals surface area contributed by atoms with Gasteiger partial charge in [0, 0.05) is 21.8 Å². The third-order valence-corrected chi connectivity index (χ3v) is 3.39. The zero-order valence-electron chi connectivity index (χ0n) is 10.2. The minimum Gasteiger partial charge on any atom is -0.355 e. The predicted molar refractivity (Wildman–Crippen MR) is 74.4 cm³/mol. The van der Waals surface area contributed by atoms with Crippen molar-refractivity contribution in [2.75, 3.05) is 0 Å². The molecule has 0 unspecified atom stereocenters. The third kappa shape index (κ3) is 1.82. The Morgan fingerprint density at radius 2 is 1.76 bits per heavy atom. The number of aromatic nitrogens is 1. The van der Waals surface area contributed by atoms with Crippen molar-refractivity contribution in [2.24, 2.45) is 0 Å². The fourth-order valence-electron chi connectivity index (χ4n) is 2.43. The van der Waals surface area contributed by atoms with Crippen molar-refractivity contribution in [3.8, 4) is 0 Å². The molecule has 0 atom stereocenters. The second-order valence-electron chi connectivity index (χ2n) is 4.65. The van der Waals surface area contributed by atoms with E-state index in [-0.39, 0.29) is 0 Å². The van der Waals surface area contributed by atoms with E-state index in [1.54, 1.807) is 0 Å². The largest absolute Gasteiger partial charge is 0.355 e. The summed E-state index contributed by atoms with van der Waals surface area (Å²) in [5, 5.41) is 2.69.